The van der Waals surface area contributed by atoms with E-state index in [9.17, 15) is 0 Å². The van der Waals surface area contributed by atoms with Crippen molar-refractivity contribution in [3.05, 3.63) is 41.4 Å². The Hall–Kier alpha value is -2.14. The normalized spacial score (nSPS) is 11.9. The van der Waals surface area contributed by atoms with Crippen LogP contribution in [0, 0.1) is 0 Å². The fourth-order valence-corrected chi connectivity index (χ4v) is 2.67. The minimum absolute atomic E-state index is 0.0665. The van der Waals surface area contributed by atoms with E-state index in [-0.39, 0.29) is 10.7 Å². The Kier molecular flexibility index (Phi) is 3.76. The van der Waals surface area contributed by atoms with E-state index >= 15 is 0 Å². The highest BCUT2D eigenvalue weighted by atomic mass is 35.5. The largest absolute Gasteiger partial charge is 0.363 e. The molecule has 0 radical (unpaired) electrons. The lowest BCUT2D eigenvalue weighted by molar-refractivity contribution is 0.557. The van der Waals surface area contributed by atoms with E-state index in [0.717, 1.165) is 28.4 Å². The van der Waals surface area contributed by atoms with Gasteiger partial charge >= 0.3 is 0 Å². The molecule has 0 aliphatic carbocycles. The van der Waals surface area contributed by atoms with Gasteiger partial charge in [-0.2, -0.15) is 4.98 Å². The predicted octanol–water partition coefficient (Wildman–Crippen LogP) is 3.83. The molecule has 0 amide bonds. The Morgan fingerprint density at radius 2 is 1.87 bits per heavy atom. The molecule has 6 heteroatoms. The number of anilines is 1. The molecule has 3 aromatic heterocycles. The van der Waals surface area contributed by atoms with Gasteiger partial charge in [0, 0.05) is 36.8 Å². The second-order valence-electron chi connectivity index (χ2n) is 6.78. The number of rotatable bonds is 2. The number of pyridine rings is 1. The number of hydrogen-bond acceptors (Lipinski definition) is 4. The summed E-state index contributed by atoms with van der Waals surface area (Å²) in [6.07, 6.45) is 1.76. The predicted molar refractivity (Wildman–Crippen MR) is 94.7 cm³/mol. The van der Waals surface area contributed by atoms with Crippen molar-refractivity contribution in [3.8, 4) is 5.82 Å². The lowest BCUT2D eigenvalue weighted by Crippen LogP contribution is -2.18. The fourth-order valence-electron chi connectivity index (χ4n) is 2.54. The molecule has 0 bridgehead atoms. The highest BCUT2D eigenvalue weighted by Gasteiger charge is 2.23. The van der Waals surface area contributed by atoms with Crippen LogP contribution >= 0.6 is 11.6 Å². The van der Waals surface area contributed by atoms with E-state index in [1.807, 2.05) is 37.2 Å². The average Bonchev–Trinajstić information content (AvgIpc) is 2.86. The van der Waals surface area contributed by atoms with Crippen molar-refractivity contribution in [2.45, 2.75) is 26.2 Å². The third-order valence-corrected chi connectivity index (χ3v) is 3.87. The van der Waals surface area contributed by atoms with Gasteiger partial charge in [-0.05, 0) is 29.8 Å². The third kappa shape index (κ3) is 2.88. The zero-order valence-corrected chi connectivity index (χ0v) is 14.8. The van der Waals surface area contributed by atoms with Gasteiger partial charge in [-0.25, -0.2) is 9.97 Å². The standard InChI is InChI=1S/C17H20ClN5/c1-17(2,3)12-9-11-10-19-16(18)21-15(11)23(12)14-8-6-7-13(20-14)22(4)5/h6-10H,1-5H3. The quantitative estimate of drug-likeness (QED) is 0.670. The number of fused-ring (bicyclic) bond motifs is 1. The molecule has 0 aromatic carbocycles. The van der Waals surface area contributed by atoms with Crippen LogP contribution in [-0.2, 0) is 5.41 Å². The molecule has 0 atom stereocenters. The molecule has 0 unspecified atom stereocenters. The Labute approximate surface area is 141 Å². The van der Waals surface area contributed by atoms with Gasteiger partial charge in [-0.3, -0.25) is 4.57 Å². The maximum absolute atomic E-state index is 6.02. The first-order valence-electron chi connectivity index (χ1n) is 7.46. The Morgan fingerprint density at radius 3 is 2.52 bits per heavy atom. The van der Waals surface area contributed by atoms with Gasteiger partial charge in [0.25, 0.3) is 0 Å². The summed E-state index contributed by atoms with van der Waals surface area (Å²) < 4.78 is 2.07. The summed E-state index contributed by atoms with van der Waals surface area (Å²) >= 11 is 6.02. The summed E-state index contributed by atoms with van der Waals surface area (Å²) in [5.74, 6) is 1.72. The topological polar surface area (TPSA) is 46.8 Å². The van der Waals surface area contributed by atoms with Crippen molar-refractivity contribution < 1.29 is 0 Å². The first-order valence-corrected chi connectivity index (χ1v) is 7.84. The first kappa shape index (κ1) is 15.7. The lowest BCUT2D eigenvalue weighted by Gasteiger charge is -2.22. The Bertz CT molecular complexity index is 861. The van der Waals surface area contributed by atoms with Crippen LogP contribution in [-0.4, -0.2) is 33.6 Å². The lowest BCUT2D eigenvalue weighted by atomic mass is 9.92. The van der Waals surface area contributed by atoms with E-state index < -0.39 is 0 Å². The summed E-state index contributed by atoms with van der Waals surface area (Å²) in [6.45, 7) is 6.51. The van der Waals surface area contributed by atoms with Crippen molar-refractivity contribution in [1.82, 2.24) is 19.5 Å². The molecule has 3 aromatic rings. The van der Waals surface area contributed by atoms with Crippen LogP contribution in [0.3, 0.4) is 0 Å². The molecular formula is C17H20ClN5. The monoisotopic (exact) mass is 329 g/mol. The molecular weight excluding hydrogens is 310 g/mol. The fraction of sp³-hybridized carbons (Fsp3) is 0.353. The van der Waals surface area contributed by atoms with E-state index in [2.05, 4.69) is 41.4 Å². The van der Waals surface area contributed by atoms with Crippen molar-refractivity contribution in [1.29, 1.82) is 0 Å². The van der Waals surface area contributed by atoms with Crippen LogP contribution < -0.4 is 4.90 Å². The Morgan fingerprint density at radius 1 is 1.13 bits per heavy atom. The van der Waals surface area contributed by atoms with E-state index in [0.29, 0.717) is 0 Å². The summed E-state index contributed by atoms with van der Waals surface area (Å²) in [5, 5.41) is 1.19. The molecule has 0 spiro atoms. The molecule has 0 aliphatic rings. The summed E-state index contributed by atoms with van der Waals surface area (Å²) in [7, 11) is 3.95. The Balaban J connectivity index is 2.34. The summed E-state index contributed by atoms with van der Waals surface area (Å²) in [5.41, 5.74) is 1.83. The van der Waals surface area contributed by atoms with Gasteiger partial charge < -0.3 is 4.90 Å². The molecule has 0 N–H and O–H groups in total. The maximum Gasteiger partial charge on any atom is 0.224 e. The molecule has 3 heterocycles. The van der Waals surface area contributed by atoms with Crippen LogP contribution in [0.5, 0.6) is 0 Å². The summed E-state index contributed by atoms with van der Waals surface area (Å²) in [6, 6.07) is 8.07. The number of nitrogens with zero attached hydrogens (tertiary/aromatic N) is 5. The molecule has 5 nitrogen and oxygen atoms in total. The van der Waals surface area contributed by atoms with Crippen LogP contribution in [0.1, 0.15) is 26.5 Å². The minimum atomic E-state index is -0.0665. The van der Waals surface area contributed by atoms with Crippen LogP contribution in [0.25, 0.3) is 16.9 Å². The average molecular weight is 330 g/mol. The van der Waals surface area contributed by atoms with Crippen LogP contribution in [0.15, 0.2) is 30.5 Å². The summed E-state index contributed by atoms with van der Waals surface area (Å²) in [4.78, 5) is 15.3. The highest BCUT2D eigenvalue weighted by molar-refractivity contribution is 6.28. The van der Waals surface area contributed by atoms with Gasteiger partial charge in [0.05, 0.1) is 0 Å². The van der Waals surface area contributed by atoms with Gasteiger partial charge in [-0.15, -0.1) is 0 Å². The molecule has 120 valence electrons. The van der Waals surface area contributed by atoms with Crippen molar-refractivity contribution in [3.63, 3.8) is 0 Å². The van der Waals surface area contributed by atoms with E-state index in [1.165, 1.54) is 0 Å². The zero-order valence-electron chi connectivity index (χ0n) is 14.0. The molecule has 0 saturated carbocycles. The van der Waals surface area contributed by atoms with Crippen molar-refractivity contribution in [2.75, 3.05) is 19.0 Å². The second kappa shape index (κ2) is 5.49. The smallest absolute Gasteiger partial charge is 0.224 e. The van der Waals surface area contributed by atoms with Gasteiger partial charge in [0.1, 0.15) is 11.6 Å². The van der Waals surface area contributed by atoms with Gasteiger partial charge in [0.2, 0.25) is 5.28 Å². The molecule has 23 heavy (non-hydrogen) atoms. The zero-order chi connectivity index (χ0) is 16.8. The molecule has 0 saturated heterocycles. The van der Waals surface area contributed by atoms with Crippen molar-refractivity contribution >= 4 is 28.5 Å². The van der Waals surface area contributed by atoms with Crippen LogP contribution in [0.4, 0.5) is 5.82 Å². The maximum atomic E-state index is 6.02. The van der Waals surface area contributed by atoms with Crippen molar-refractivity contribution in [2.24, 2.45) is 0 Å². The SMILES string of the molecule is CN(C)c1cccc(-n2c(C(C)(C)C)cc3cnc(Cl)nc32)n1. The highest BCUT2D eigenvalue weighted by Crippen LogP contribution is 2.31. The molecule has 3 rings (SSSR count). The van der Waals surface area contributed by atoms with E-state index in [4.69, 9.17) is 16.6 Å². The first-order chi connectivity index (χ1) is 10.8. The van der Waals surface area contributed by atoms with Gasteiger partial charge in [-0.1, -0.05) is 26.8 Å². The number of aromatic nitrogens is 4. The minimum Gasteiger partial charge on any atom is -0.363 e. The molecule has 0 aliphatic heterocycles. The second-order valence-corrected chi connectivity index (χ2v) is 7.12. The number of halogens is 1. The van der Waals surface area contributed by atoms with Gasteiger partial charge in [0.15, 0.2) is 5.65 Å². The number of hydrogen-bond donors (Lipinski definition) is 0. The van der Waals surface area contributed by atoms with E-state index in [1.54, 1.807) is 6.20 Å². The van der Waals surface area contributed by atoms with Crippen LogP contribution in [0.2, 0.25) is 5.28 Å². The molecule has 0 fully saturated rings. The third-order valence-electron chi connectivity index (χ3n) is 3.69.